The maximum atomic E-state index is 12.5. The van der Waals surface area contributed by atoms with Gasteiger partial charge in [0.25, 0.3) is 0 Å². The minimum absolute atomic E-state index is 0.00256. The maximum Gasteiger partial charge on any atom is 0.315 e. The van der Waals surface area contributed by atoms with Crippen LogP contribution in [0.15, 0.2) is 24.5 Å². The third kappa shape index (κ3) is 4.94. The zero-order valence-corrected chi connectivity index (χ0v) is 12.7. The lowest BCUT2D eigenvalue weighted by atomic mass is 10.0. The number of pyridine rings is 1. The van der Waals surface area contributed by atoms with Crippen LogP contribution in [0, 0.1) is 0 Å². The van der Waals surface area contributed by atoms with Gasteiger partial charge in [0.05, 0.1) is 11.9 Å². The third-order valence-corrected chi connectivity index (χ3v) is 3.55. The number of nitrogens with one attached hydrogen (secondary N) is 2. The fourth-order valence-corrected chi connectivity index (χ4v) is 2.43. The molecule has 8 nitrogen and oxygen atoms in total. The summed E-state index contributed by atoms with van der Waals surface area (Å²) in [5.41, 5.74) is 0.714. The van der Waals surface area contributed by atoms with E-state index < -0.39 is 18.0 Å². The highest BCUT2D eigenvalue weighted by Gasteiger charge is 2.30. The number of carbonyl (C=O) groups excluding carboxylic acids is 2. The summed E-state index contributed by atoms with van der Waals surface area (Å²) in [5, 5.41) is 13.7. The highest BCUT2D eigenvalue weighted by Crippen LogP contribution is 2.19. The lowest BCUT2D eigenvalue weighted by molar-refractivity contribution is -0.137. The fourth-order valence-electron chi connectivity index (χ4n) is 2.43. The summed E-state index contributed by atoms with van der Waals surface area (Å²) in [6, 6.07) is 2.53. The summed E-state index contributed by atoms with van der Waals surface area (Å²) in [6.07, 6.45) is 4.97. The van der Waals surface area contributed by atoms with Crippen LogP contribution in [0.2, 0.25) is 0 Å². The predicted molar refractivity (Wildman–Crippen MR) is 83.0 cm³/mol. The van der Waals surface area contributed by atoms with E-state index in [-0.39, 0.29) is 18.9 Å². The molecule has 2 heterocycles. The third-order valence-electron chi connectivity index (χ3n) is 3.55. The molecule has 1 aromatic rings. The number of carbonyl (C=O) groups is 3. The van der Waals surface area contributed by atoms with E-state index in [0.717, 1.165) is 6.42 Å². The van der Waals surface area contributed by atoms with Crippen molar-refractivity contribution in [3.63, 3.8) is 0 Å². The molecule has 0 saturated carbocycles. The Morgan fingerprint density at radius 3 is 2.96 bits per heavy atom. The Kier molecular flexibility index (Phi) is 5.90. The van der Waals surface area contributed by atoms with Crippen molar-refractivity contribution < 1.29 is 19.5 Å². The number of urea groups is 1. The molecular weight excluding hydrogens is 300 g/mol. The number of hydrogen-bond donors (Lipinski definition) is 3. The van der Waals surface area contributed by atoms with Gasteiger partial charge in [-0.15, -0.1) is 0 Å². The van der Waals surface area contributed by atoms with Crippen molar-refractivity contribution >= 4 is 23.6 Å². The van der Waals surface area contributed by atoms with E-state index >= 15 is 0 Å². The van der Waals surface area contributed by atoms with Crippen molar-refractivity contribution in [1.29, 1.82) is 0 Å². The van der Waals surface area contributed by atoms with Gasteiger partial charge >= 0.3 is 12.0 Å². The average molecular weight is 320 g/mol. The van der Waals surface area contributed by atoms with Gasteiger partial charge in [-0.2, -0.15) is 0 Å². The second-order valence-electron chi connectivity index (χ2n) is 5.29. The molecule has 8 heteroatoms. The first kappa shape index (κ1) is 16.7. The van der Waals surface area contributed by atoms with Crippen molar-refractivity contribution in [3.8, 4) is 0 Å². The molecule has 3 N–H and O–H groups in total. The van der Waals surface area contributed by atoms with Gasteiger partial charge in [0.2, 0.25) is 5.91 Å². The average Bonchev–Trinajstić information content (AvgIpc) is 2.54. The van der Waals surface area contributed by atoms with Gasteiger partial charge in [-0.3, -0.25) is 14.6 Å². The molecule has 2 rings (SSSR count). The lowest BCUT2D eigenvalue weighted by Crippen LogP contribution is -2.54. The summed E-state index contributed by atoms with van der Waals surface area (Å²) in [6.45, 7) is 0.855. The molecule has 1 fully saturated rings. The molecule has 3 amide bonds. The summed E-state index contributed by atoms with van der Waals surface area (Å²) in [4.78, 5) is 40.3. The molecule has 1 aliphatic heterocycles. The number of amides is 3. The van der Waals surface area contributed by atoms with Gasteiger partial charge in [0.15, 0.2) is 0 Å². The van der Waals surface area contributed by atoms with Crippen LogP contribution in [0.25, 0.3) is 0 Å². The Bertz CT molecular complexity index is 564. The molecule has 0 spiro atoms. The molecule has 1 unspecified atom stereocenters. The molecule has 1 saturated heterocycles. The normalized spacial score (nSPS) is 17.7. The second kappa shape index (κ2) is 8.11. The van der Waals surface area contributed by atoms with Gasteiger partial charge in [-0.25, -0.2) is 4.79 Å². The summed E-state index contributed by atoms with van der Waals surface area (Å²) in [7, 11) is 0. The molecular formula is C15H20N4O4. The fraction of sp³-hybridized carbons (Fsp3) is 0.467. The first-order valence-electron chi connectivity index (χ1n) is 7.55. The van der Waals surface area contributed by atoms with E-state index in [2.05, 4.69) is 15.6 Å². The highest BCUT2D eigenvalue weighted by atomic mass is 16.4. The number of aromatic nitrogens is 1. The van der Waals surface area contributed by atoms with Crippen molar-refractivity contribution in [1.82, 2.24) is 15.6 Å². The van der Waals surface area contributed by atoms with Crippen LogP contribution >= 0.6 is 0 Å². The van der Waals surface area contributed by atoms with E-state index in [4.69, 9.17) is 5.11 Å². The summed E-state index contributed by atoms with van der Waals surface area (Å²) in [5.74, 6) is -1.06. The van der Waals surface area contributed by atoms with Crippen LogP contribution in [0.5, 0.6) is 0 Å². The van der Waals surface area contributed by atoms with Crippen LogP contribution in [0.4, 0.5) is 10.5 Å². The Morgan fingerprint density at radius 2 is 2.26 bits per heavy atom. The second-order valence-corrected chi connectivity index (χ2v) is 5.29. The standard InChI is InChI=1S/C15H20N4O4/c20-13(21)6-2-8-17-15(23)18-12-5-3-9-19(14(12)22)11-4-1-7-16-10-11/h1,4,7,10,12H,2-3,5-6,8-9H2,(H,20,21)(H2,17,18,23). The first-order valence-corrected chi connectivity index (χ1v) is 7.55. The van der Waals surface area contributed by atoms with Gasteiger partial charge in [0, 0.05) is 25.7 Å². The Labute approximate surface area is 133 Å². The van der Waals surface area contributed by atoms with E-state index in [0.29, 0.717) is 25.1 Å². The van der Waals surface area contributed by atoms with Crippen molar-refractivity contribution in [3.05, 3.63) is 24.5 Å². The quantitative estimate of drug-likeness (QED) is 0.669. The van der Waals surface area contributed by atoms with Crippen molar-refractivity contribution in [2.75, 3.05) is 18.0 Å². The van der Waals surface area contributed by atoms with Crippen LogP contribution < -0.4 is 15.5 Å². The van der Waals surface area contributed by atoms with E-state index in [1.165, 1.54) is 0 Å². The van der Waals surface area contributed by atoms with Crippen molar-refractivity contribution in [2.24, 2.45) is 0 Å². The zero-order valence-electron chi connectivity index (χ0n) is 12.7. The molecule has 0 radical (unpaired) electrons. The molecule has 23 heavy (non-hydrogen) atoms. The number of carboxylic acids is 1. The Balaban J connectivity index is 1.84. The number of rotatable bonds is 6. The SMILES string of the molecule is O=C(O)CCCNC(=O)NC1CCCN(c2cccnc2)C1=O. The molecule has 124 valence electrons. The first-order chi connectivity index (χ1) is 11.1. The smallest absolute Gasteiger partial charge is 0.315 e. The molecule has 1 atom stereocenters. The van der Waals surface area contributed by atoms with E-state index in [9.17, 15) is 14.4 Å². The summed E-state index contributed by atoms with van der Waals surface area (Å²) < 4.78 is 0. The minimum Gasteiger partial charge on any atom is -0.481 e. The van der Waals surface area contributed by atoms with Gasteiger partial charge in [0.1, 0.15) is 6.04 Å². The minimum atomic E-state index is -0.901. The molecule has 0 aromatic carbocycles. The highest BCUT2D eigenvalue weighted by molar-refractivity contribution is 5.99. The van der Waals surface area contributed by atoms with Crippen LogP contribution in [-0.2, 0) is 9.59 Å². The van der Waals surface area contributed by atoms with Crippen LogP contribution in [-0.4, -0.2) is 47.1 Å². The topological polar surface area (TPSA) is 112 Å². The number of carboxylic acid groups (broad SMARTS) is 1. The number of anilines is 1. The maximum absolute atomic E-state index is 12.5. The van der Waals surface area contributed by atoms with Gasteiger partial charge in [-0.05, 0) is 31.4 Å². The van der Waals surface area contributed by atoms with Gasteiger partial charge < -0.3 is 20.6 Å². The summed E-state index contributed by atoms with van der Waals surface area (Å²) >= 11 is 0. The Morgan fingerprint density at radius 1 is 1.43 bits per heavy atom. The molecule has 0 bridgehead atoms. The number of aliphatic carboxylic acids is 1. The van der Waals surface area contributed by atoms with Crippen molar-refractivity contribution in [2.45, 2.75) is 31.7 Å². The lowest BCUT2D eigenvalue weighted by Gasteiger charge is -2.32. The predicted octanol–water partition coefficient (Wildman–Crippen LogP) is 0.741. The van der Waals surface area contributed by atoms with Crippen LogP contribution in [0.1, 0.15) is 25.7 Å². The molecule has 1 aromatic heterocycles. The Hall–Kier alpha value is -2.64. The van der Waals surface area contributed by atoms with Gasteiger partial charge in [-0.1, -0.05) is 0 Å². The van der Waals surface area contributed by atoms with E-state index in [1.807, 2.05) is 0 Å². The molecule has 0 aliphatic carbocycles. The monoisotopic (exact) mass is 320 g/mol. The zero-order chi connectivity index (χ0) is 16.7. The molecule has 1 aliphatic rings. The number of nitrogens with zero attached hydrogens (tertiary/aromatic N) is 2. The largest absolute Gasteiger partial charge is 0.481 e. The number of hydrogen-bond acceptors (Lipinski definition) is 4. The van der Waals surface area contributed by atoms with Crippen LogP contribution in [0.3, 0.4) is 0 Å². The van der Waals surface area contributed by atoms with E-state index in [1.54, 1.807) is 29.4 Å². The number of piperidine rings is 1.